The van der Waals surface area contributed by atoms with E-state index in [1.807, 2.05) is 30.3 Å². The summed E-state index contributed by atoms with van der Waals surface area (Å²) in [5.41, 5.74) is 1.57. The number of halogens is 3. The number of para-hydroxylation sites is 1. The number of hydrogen-bond donors (Lipinski definition) is 1. The lowest BCUT2D eigenvalue weighted by Crippen LogP contribution is -2.34. The first kappa shape index (κ1) is 13.7. The van der Waals surface area contributed by atoms with E-state index in [9.17, 15) is 4.39 Å². The standard InChI is InChI=1S/C16H14Cl2FN/c17-13-5-3-6-14(18)16(13)20-11-8-10(9-11)12-4-1-2-7-15(12)19/h1-7,10-11,20H,8-9H2. The van der Waals surface area contributed by atoms with Crippen molar-refractivity contribution in [3.05, 3.63) is 63.9 Å². The Hall–Kier alpha value is -1.25. The van der Waals surface area contributed by atoms with Crippen LogP contribution in [0.2, 0.25) is 10.0 Å². The average Bonchev–Trinajstić information content (AvgIpc) is 2.37. The Bertz CT molecular complexity index is 603. The van der Waals surface area contributed by atoms with Crippen LogP contribution < -0.4 is 5.32 Å². The third kappa shape index (κ3) is 2.63. The summed E-state index contributed by atoms with van der Waals surface area (Å²) in [4.78, 5) is 0. The molecule has 0 atom stereocenters. The van der Waals surface area contributed by atoms with E-state index in [0.717, 1.165) is 24.1 Å². The maximum absolute atomic E-state index is 13.7. The van der Waals surface area contributed by atoms with Crippen LogP contribution in [-0.4, -0.2) is 6.04 Å². The van der Waals surface area contributed by atoms with Gasteiger partial charge in [0, 0.05) is 6.04 Å². The molecular weight excluding hydrogens is 296 g/mol. The van der Waals surface area contributed by atoms with Gasteiger partial charge in [-0.1, -0.05) is 47.5 Å². The Labute approximate surface area is 127 Å². The maximum Gasteiger partial charge on any atom is 0.126 e. The first-order valence-corrected chi connectivity index (χ1v) is 7.35. The fraction of sp³-hybridized carbons (Fsp3) is 0.250. The number of hydrogen-bond acceptors (Lipinski definition) is 1. The van der Waals surface area contributed by atoms with Crippen molar-refractivity contribution in [1.82, 2.24) is 0 Å². The summed E-state index contributed by atoms with van der Waals surface area (Å²) in [6.45, 7) is 0. The molecule has 0 heterocycles. The molecule has 0 spiro atoms. The predicted molar refractivity (Wildman–Crippen MR) is 82.2 cm³/mol. The molecule has 0 aliphatic heterocycles. The van der Waals surface area contributed by atoms with E-state index in [2.05, 4.69) is 5.32 Å². The third-order valence-corrected chi connectivity index (χ3v) is 4.42. The molecule has 0 aromatic heterocycles. The van der Waals surface area contributed by atoms with Gasteiger partial charge in [-0.15, -0.1) is 0 Å². The lowest BCUT2D eigenvalue weighted by atomic mass is 9.75. The van der Waals surface area contributed by atoms with Gasteiger partial charge in [0.15, 0.2) is 0 Å². The molecule has 2 aromatic carbocycles. The SMILES string of the molecule is Fc1ccccc1C1CC(Nc2c(Cl)cccc2Cl)C1. The van der Waals surface area contributed by atoms with E-state index in [1.165, 1.54) is 6.07 Å². The molecule has 3 rings (SSSR count). The molecule has 4 heteroatoms. The molecule has 0 saturated heterocycles. The molecule has 1 fully saturated rings. The molecule has 104 valence electrons. The Morgan fingerprint density at radius 2 is 1.60 bits per heavy atom. The molecular formula is C16H14Cl2FN. The quantitative estimate of drug-likeness (QED) is 0.790. The summed E-state index contributed by atoms with van der Waals surface area (Å²) in [5, 5.41) is 4.58. The van der Waals surface area contributed by atoms with E-state index < -0.39 is 0 Å². The fourth-order valence-electron chi connectivity index (χ4n) is 2.64. The minimum absolute atomic E-state index is 0.119. The molecule has 2 aromatic rings. The van der Waals surface area contributed by atoms with Gasteiger partial charge in [-0.2, -0.15) is 0 Å². The van der Waals surface area contributed by atoms with E-state index >= 15 is 0 Å². The monoisotopic (exact) mass is 309 g/mol. The lowest BCUT2D eigenvalue weighted by molar-refractivity contribution is 0.363. The van der Waals surface area contributed by atoms with Gasteiger partial charge in [-0.05, 0) is 42.5 Å². The second kappa shape index (κ2) is 5.63. The van der Waals surface area contributed by atoms with Crippen molar-refractivity contribution in [2.24, 2.45) is 0 Å². The van der Waals surface area contributed by atoms with Crippen LogP contribution in [0.1, 0.15) is 24.3 Å². The lowest BCUT2D eigenvalue weighted by Gasteiger charge is -2.37. The van der Waals surface area contributed by atoms with Gasteiger partial charge in [0.25, 0.3) is 0 Å². The maximum atomic E-state index is 13.7. The molecule has 1 N–H and O–H groups in total. The highest BCUT2D eigenvalue weighted by Crippen LogP contribution is 2.41. The minimum Gasteiger partial charge on any atom is -0.380 e. The van der Waals surface area contributed by atoms with Crippen molar-refractivity contribution in [3.63, 3.8) is 0 Å². The van der Waals surface area contributed by atoms with Crippen molar-refractivity contribution in [1.29, 1.82) is 0 Å². The summed E-state index contributed by atoms with van der Waals surface area (Å²) >= 11 is 12.3. The molecule has 1 aliphatic rings. The Balaban J connectivity index is 1.66. The summed E-state index contributed by atoms with van der Waals surface area (Å²) in [7, 11) is 0. The van der Waals surface area contributed by atoms with Gasteiger partial charge in [0.05, 0.1) is 15.7 Å². The van der Waals surface area contributed by atoms with Crippen LogP contribution in [0.15, 0.2) is 42.5 Å². The van der Waals surface area contributed by atoms with Crippen LogP contribution in [-0.2, 0) is 0 Å². The summed E-state index contributed by atoms with van der Waals surface area (Å²) in [6.07, 6.45) is 1.78. The highest BCUT2D eigenvalue weighted by atomic mass is 35.5. The van der Waals surface area contributed by atoms with Crippen LogP contribution in [0.3, 0.4) is 0 Å². The van der Waals surface area contributed by atoms with E-state index in [1.54, 1.807) is 6.07 Å². The van der Waals surface area contributed by atoms with Gasteiger partial charge < -0.3 is 5.32 Å². The zero-order valence-corrected chi connectivity index (χ0v) is 12.3. The first-order chi connectivity index (χ1) is 9.65. The number of benzene rings is 2. The van der Waals surface area contributed by atoms with Crippen molar-refractivity contribution < 1.29 is 4.39 Å². The number of nitrogens with one attached hydrogen (secondary N) is 1. The van der Waals surface area contributed by atoms with Crippen molar-refractivity contribution in [3.8, 4) is 0 Å². The van der Waals surface area contributed by atoms with E-state index in [-0.39, 0.29) is 17.8 Å². The van der Waals surface area contributed by atoms with E-state index in [4.69, 9.17) is 23.2 Å². The topological polar surface area (TPSA) is 12.0 Å². The van der Waals surface area contributed by atoms with Gasteiger partial charge in [-0.3, -0.25) is 0 Å². The fourth-order valence-corrected chi connectivity index (χ4v) is 3.14. The molecule has 1 aliphatic carbocycles. The first-order valence-electron chi connectivity index (χ1n) is 6.60. The second-order valence-electron chi connectivity index (χ2n) is 5.13. The Morgan fingerprint density at radius 3 is 2.25 bits per heavy atom. The molecule has 0 radical (unpaired) electrons. The highest BCUT2D eigenvalue weighted by Gasteiger charge is 2.32. The third-order valence-electron chi connectivity index (χ3n) is 3.79. The van der Waals surface area contributed by atoms with Gasteiger partial charge in [0.2, 0.25) is 0 Å². The van der Waals surface area contributed by atoms with Crippen molar-refractivity contribution >= 4 is 28.9 Å². The smallest absolute Gasteiger partial charge is 0.126 e. The summed E-state index contributed by atoms with van der Waals surface area (Å²) in [5.74, 6) is 0.154. The number of anilines is 1. The van der Waals surface area contributed by atoms with Crippen LogP contribution >= 0.6 is 23.2 Å². The minimum atomic E-state index is -0.119. The Morgan fingerprint density at radius 1 is 0.950 bits per heavy atom. The van der Waals surface area contributed by atoms with Crippen LogP contribution in [0.5, 0.6) is 0 Å². The van der Waals surface area contributed by atoms with Gasteiger partial charge in [-0.25, -0.2) is 4.39 Å². The summed E-state index contributed by atoms with van der Waals surface area (Å²) < 4.78 is 13.7. The van der Waals surface area contributed by atoms with Crippen LogP contribution in [0, 0.1) is 5.82 Å². The van der Waals surface area contributed by atoms with E-state index in [0.29, 0.717) is 10.0 Å². The molecule has 0 amide bonds. The molecule has 1 saturated carbocycles. The van der Waals surface area contributed by atoms with Crippen molar-refractivity contribution in [2.75, 3.05) is 5.32 Å². The van der Waals surface area contributed by atoms with Gasteiger partial charge >= 0.3 is 0 Å². The Kier molecular flexibility index (Phi) is 3.86. The van der Waals surface area contributed by atoms with Crippen LogP contribution in [0.25, 0.3) is 0 Å². The van der Waals surface area contributed by atoms with Crippen LogP contribution in [0.4, 0.5) is 10.1 Å². The zero-order chi connectivity index (χ0) is 14.1. The summed E-state index contributed by atoms with van der Waals surface area (Å²) in [6, 6.07) is 12.7. The zero-order valence-electron chi connectivity index (χ0n) is 10.7. The molecule has 0 bridgehead atoms. The normalized spacial score (nSPS) is 21.4. The molecule has 1 nitrogen and oxygen atoms in total. The van der Waals surface area contributed by atoms with Crippen molar-refractivity contribution in [2.45, 2.75) is 24.8 Å². The second-order valence-corrected chi connectivity index (χ2v) is 5.94. The highest BCUT2D eigenvalue weighted by molar-refractivity contribution is 6.39. The number of rotatable bonds is 3. The van der Waals surface area contributed by atoms with Gasteiger partial charge in [0.1, 0.15) is 5.82 Å². The largest absolute Gasteiger partial charge is 0.380 e. The average molecular weight is 310 g/mol. The molecule has 20 heavy (non-hydrogen) atoms. The predicted octanol–water partition coefficient (Wildman–Crippen LogP) is 5.49. The molecule has 0 unspecified atom stereocenters.